The first-order valence-corrected chi connectivity index (χ1v) is 14.4. The first-order chi connectivity index (χ1) is 21.8. The normalized spacial score (nSPS) is 14.1. The van der Waals surface area contributed by atoms with E-state index in [9.17, 15) is 18.0 Å². The van der Waals surface area contributed by atoms with Crippen LogP contribution in [-0.2, 0) is 29.2 Å². The van der Waals surface area contributed by atoms with Crippen molar-refractivity contribution in [3.63, 3.8) is 0 Å². The predicted molar refractivity (Wildman–Crippen MR) is 157 cm³/mol. The Labute approximate surface area is 257 Å². The van der Waals surface area contributed by atoms with Crippen LogP contribution in [0.2, 0.25) is 0 Å². The molecule has 13 heteroatoms. The van der Waals surface area contributed by atoms with Crippen LogP contribution in [0, 0.1) is 17.1 Å². The average Bonchev–Trinajstić information content (AvgIpc) is 3.39. The zero-order valence-electron chi connectivity index (χ0n) is 24.8. The molecule has 1 aliphatic rings. The number of rotatable bonds is 12. The van der Waals surface area contributed by atoms with Gasteiger partial charge in [-0.3, -0.25) is 4.90 Å². The van der Waals surface area contributed by atoms with Gasteiger partial charge in [0.2, 0.25) is 5.88 Å². The van der Waals surface area contributed by atoms with Gasteiger partial charge >= 0.3 is 12.6 Å². The summed E-state index contributed by atoms with van der Waals surface area (Å²) in [5, 5.41) is 8.94. The Morgan fingerprint density at radius 1 is 1.11 bits per heavy atom. The molecule has 1 saturated heterocycles. The van der Waals surface area contributed by atoms with Crippen molar-refractivity contribution in [1.29, 1.82) is 5.26 Å². The Balaban J connectivity index is 1.28. The molecule has 10 nitrogen and oxygen atoms in total. The zero-order chi connectivity index (χ0) is 31.9. The summed E-state index contributed by atoms with van der Waals surface area (Å²) in [7, 11) is 2.78. The van der Waals surface area contributed by atoms with Gasteiger partial charge in [0.05, 0.1) is 43.0 Å². The van der Waals surface area contributed by atoms with Crippen LogP contribution >= 0.6 is 0 Å². The molecule has 3 heterocycles. The van der Waals surface area contributed by atoms with E-state index in [0.29, 0.717) is 42.5 Å². The number of pyridine rings is 1. The van der Waals surface area contributed by atoms with Crippen LogP contribution in [0.1, 0.15) is 51.8 Å². The van der Waals surface area contributed by atoms with E-state index >= 15 is 0 Å². The third kappa shape index (κ3) is 7.53. The largest absolute Gasteiger partial charge is 0.473 e. The van der Waals surface area contributed by atoms with Gasteiger partial charge in [-0.15, -0.1) is 0 Å². The first kappa shape index (κ1) is 31.7. The van der Waals surface area contributed by atoms with Crippen LogP contribution in [0.4, 0.5) is 13.2 Å². The van der Waals surface area contributed by atoms with Gasteiger partial charge in [0, 0.05) is 36.9 Å². The number of hydrogen-bond donors (Lipinski definition) is 0. The summed E-state index contributed by atoms with van der Waals surface area (Å²) in [4.78, 5) is 23.8. The van der Waals surface area contributed by atoms with Crippen molar-refractivity contribution >= 4 is 17.0 Å². The average molecular weight is 624 g/mol. The molecule has 2 aromatic heterocycles. The molecule has 0 bridgehead atoms. The number of piperidine rings is 1. The number of hydrogen-bond acceptors (Lipinski definition) is 9. The van der Waals surface area contributed by atoms with Crippen LogP contribution in [0.3, 0.4) is 0 Å². The van der Waals surface area contributed by atoms with Gasteiger partial charge in [-0.1, -0.05) is 12.1 Å². The van der Waals surface area contributed by atoms with Crippen molar-refractivity contribution in [3.8, 4) is 17.7 Å². The molecule has 0 saturated carbocycles. The minimum Gasteiger partial charge on any atom is -0.473 e. The number of methoxy groups -OCH3 is 2. The van der Waals surface area contributed by atoms with E-state index < -0.39 is 18.4 Å². The van der Waals surface area contributed by atoms with Crippen molar-refractivity contribution in [3.05, 3.63) is 82.6 Å². The van der Waals surface area contributed by atoms with E-state index in [-0.39, 0.29) is 34.9 Å². The highest BCUT2D eigenvalue weighted by Crippen LogP contribution is 2.32. The fourth-order valence-corrected chi connectivity index (χ4v) is 5.43. The fourth-order valence-electron chi connectivity index (χ4n) is 5.43. The third-order valence-corrected chi connectivity index (χ3v) is 7.73. The summed E-state index contributed by atoms with van der Waals surface area (Å²) in [5.74, 6) is -0.186. The smallest absolute Gasteiger partial charge is 0.387 e. The number of imidazole rings is 1. The van der Waals surface area contributed by atoms with E-state index in [1.54, 1.807) is 25.3 Å². The number of likely N-dealkylation sites (tertiary alicyclic amines) is 1. The summed E-state index contributed by atoms with van der Waals surface area (Å²) in [6.45, 7) is -0.468. The molecule has 45 heavy (non-hydrogen) atoms. The summed E-state index contributed by atoms with van der Waals surface area (Å²) in [5.41, 5.74) is 2.23. The van der Waals surface area contributed by atoms with Gasteiger partial charge in [0.1, 0.15) is 23.8 Å². The molecule has 1 fully saturated rings. The molecule has 0 radical (unpaired) electrons. The molecule has 1 aliphatic heterocycles. The fraction of sp³-hybridized carbons (Fsp3) is 0.375. The van der Waals surface area contributed by atoms with Gasteiger partial charge in [-0.25, -0.2) is 19.2 Å². The molecule has 5 rings (SSSR count). The summed E-state index contributed by atoms with van der Waals surface area (Å²) >= 11 is 0. The molecule has 236 valence electrons. The zero-order valence-corrected chi connectivity index (χ0v) is 24.8. The van der Waals surface area contributed by atoms with Gasteiger partial charge in [-0.05, 0) is 56.3 Å². The SMILES string of the molecule is COCCn1c(CN2CCC(c3cccc(OCc4ccc(C#N)cc4F)n3)CC2)nc2c(OC(F)F)cc(C(=O)OC)cc21. The minimum absolute atomic E-state index is 0.0122. The number of ether oxygens (including phenoxy) is 4. The number of carbonyl (C=O) groups is 1. The molecule has 0 aliphatic carbocycles. The van der Waals surface area contributed by atoms with Gasteiger partial charge in [0.25, 0.3) is 0 Å². The number of nitrogens with zero attached hydrogens (tertiary/aromatic N) is 5. The Morgan fingerprint density at radius 3 is 2.60 bits per heavy atom. The van der Waals surface area contributed by atoms with E-state index in [1.807, 2.05) is 22.8 Å². The van der Waals surface area contributed by atoms with Gasteiger partial charge in [-0.2, -0.15) is 14.0 Å². The van der Waals surface area contributed by atoms with Gasteiger partial charge in [0.15, 0.2) is 5.75 Å². The predicted octanol–water partition coefficient (Wildman–Crippen LogP) is 5.44. The number of aromatic nitrogens is 3. The summed E-state index contributed by atoms with van der Waals surface area (Å²) in [6, 6.07) is 14.5. The standard InChI is InChI=1S/C32H32F3N5O5/c1-42-13-12-40-26-15-23(31(41)43-2)16-27(45-32(34)35)30(26)38-28(40)18-39-10-8-21(9-11-39)25-4-3-5-29(37-25)44-19-22-7-6-20(17-36)14-24(22)33/h3-7,14-16,21,32H,8-13,18-19H2,1-2H3. The van der Waals surface area contributed by atoms with Crippen LogP contribution < -0.4 is 9.47 Å². The number of esters is 1. The third-order valence-electron chi connectivity index (χ3n) is 7.73. The number of alkyl halides is 2. The highest BCUT2D eigenvalue weighted by atomic mass is 19.3. The van der Waals surface area contributed by atoms with Crippen LogP contribution in [0.5, 0.6) is 11.6 Å². The minimum atomic E-state index is -3.10. The highest BCUT2D eigenvalue weighted by molar-refractivity contribution is 5.96. The van der Waals surface area contributed by atoms with E-state index in [1.165, 1.54) is 25.3 Å². The van der Waals surface area contributed by atoms with Crippen molar-refractivity contribution in [2.45, 2.75) is 45.1 Å². The first-order valence-electron chi connectivity index (χ1n) is 14.4. The van der Waals surface area contributed by atoms with Crippen molar-refractivity contribution in [2.24, 2.45) is 0 Å². The second-order valence-electron chi connectivity index (χ2n) is 10.5. The molecule has 0 spiro atoms. The second-order valence-corrected chi connectivity index (χ2v) is 10.5. The lowest BCUT2D eigenvalue weighted by Gasteiger charge is -2.31. The van der Waals surface area contributed by atoms with E-state index in [4.69, 9.17) is 24.2 Å². The maximum atomic E-state index is 14.3. The number of nitriles is 1. The second kappa shape index (κ2) is 14.4. The Bertz CT molecular complexity index is 1700. The monoisotopic (exact) mass is 623 g/mol. The molecule has 4 aromatic rings. The van der Waals surface area contributed by atoms with Crippen molar-refractivity contribution in [2.75, 3.05) is 33.9 Å². The summed E-state index contributed by atoms with van der Waals surface area (Å²) in [6.07, 6.45) is 1.62. The van der Waals surface area contributed by atoms with Crippen molar-refractivity contribution in [1.82, 2.24) is 19.4 Å². The Morgan fingerprint density at radius 2 is 1.91 bits per heavy atom. The lowest BCUT2D eigenvalue weighted by atomic mass is 9.93. The van der Waals surface area contributed by atoms with Crippen LogP contribution in [-0.4, -0.2) is 65.9 Å². The summed E-state index contributed by atoms with van der Waals surface area (Å²) < 4.78 is 63.3. The highest BCUT2D eigenvalue weighted by Gasteiger charge is 2.26. The molecular weight excluding hydrogens is 591 g/mol. The van der Waals surface area contributed by atoms with E-state index in [0.717, 1.165) is 31.6 Å². The van der Waals surface area contributed by atoms with E-state index in [2.05, 4.69) is 14.9 Å². The molecule has 0 atom stereocenters. The molecule has 0 unspecified atom stereocenters. The Hall–Kier alpha value is -4.67. The maximum absolute atomic E-state index is 14.3. The topological polar surface area (TPSA) is 112 Å². The van der Waals surface area contributed by atoms with Gasteiger partial charge < -0.3 is 23.5 Å². The van der Waals surface area contributed by atoms with Crippen LogP contribution in [0.15, 0.2) is 48.5 Å². The quantitative estimate of drug-likeness (QED) is 0.191. The Kier molecular flexibility index (Phi) is 10.2. The number of halogens is 3. The molecule has 0 amide bonds. The van der Waals surface area contributed by atoms with Crippen LogP contribution in [0.25, 0.3) is 11.0 Å². The molecule has 0 N–H and O–H groups in total. The molecule has 2 aromatic carbocycles. The number of benzene rings is 2. The lowest BCUT2D eigenvalue weighted by molar-refractivity contribution is -0.0490. The number of fused-ring (bicyclic) bond motifs is 1. The lowest BCUT2D eigenvalue weighted by Crippen LogP contribution is -2.33. The molecular formula is C32H32F3N5O5. The van der Waals surface area contributed by atoms with Crippen molar-refractivity contribution < 1.29 is 36.9 Å². The number of carbonyl (C=O) groups excluding carboxylic acids is 1. The maximum Gasteiger partial charge on any atom is 0.387 e.